The van der Waals surface area contributed by atoms with Gasteiger partial charge in [0.2, 0.25) is 0 Å². The molecule has 1 unspecified atom stereocenters. The molecule has 1 aliphatic heterocycles. The van der Waals surface area contributed by atoms with Crippen molar-refractivity contribution in [2.45, 2.75) is 12.6 Å². The Morgan fingerprint density at radius 3 is 2.86 bits per heavy atom. The second-order valence-electron chi connectivity index (χ2n) is 4.79. The summed E-state index contributed by atoms with van der Waals surface area (Å²) in [5.41, 5.74) is 1.96. The van der Waals surface area contributed by atoms with E-state index in [-0.39, 0.29) is 5.91 Å². The SMILES string of the molecule is O=C(NCc1ccccc1Br)C1CNc2ccccc2O1. The van der Waals surface area contributed by atoms with Crippen molar-refractivity contribution in [2.75, 3.05) is 11.9 Å². The van der Waals surface area contributed by atoms with Gasteiger partial charge < -0.3 is 15.4 Å². The van der Waals surface area contributed by atoms with E-state index >= 15 is 0 Å². The molecule has 0 spiro atoms. The van der Waals surface area contributed by atoms with Crippen LogP contribution >= 0.6 is 15.9 Å². The monoisotopic (exact) mass is 346 g/mol. The Kier molecular flexibility index (Phi) is 4.10. The number of ether oxygens (including phenoxy) is 1. The molecule has 0 bridgehead atoms. The summed E-state index contributed by atoms with van der Waals surface area (Å²) in [7, 11) is 0. The van der Waals surface area contributed by atoms with E-state index in [0.29, 0.717) is 18.8 Å². The van der Waals surface area contributed by atoms with Crippen LogP contribution in [0.15, 0.2) is 53.0 Å². The summed E-state index contributed by atoms with van der Waals surface area (Å²) in [4.78, 5) is 12.2. The number of hydrogen-bond acceptors (Lipinski definition) is 3. The lowest BCUT2D eigenvalue weighted by Crippen LogP contribution is -2.44. The molecule has 0 aliphatic carbocycles. The van der Waals surface area contributed by atoms with Crippen LogP contribution in [-0.4, -0.2) is 18.6 Å². The second kappa shape index (κ2) is 6.18. The molecule has 3 rings (SSSR count). The van der Waals surface area contributed by atoms with Crippen molar-refractivity contribution in [1.82, 2.24) is 5.32 Å². The Hall–Kier alpha value is -2.01. The van der Waals surface area contributed by atoms with Gasteiger partial charge in [-0.1, -0.05) is 46.3 Å². The number of rotatable bonds is 3. The Morgan fingerprint density at radius 2 is 2.00 bits per heavy atom. The summed E-state index contributed by atoms with van der Waals surface area (Å²) in [5, 5.41) is 6.11. The van der Waals surface area contributed by atoms with E-state index < -0.39 is 6.10 Å². The van der Waals surface area contributed by atoms with Crippen molar-refractivity contribution in [2.24, 2.45) is 0 Å². The van der Waals surface area contributed by atoms with Crippen molar-refractivity contribution in [3.63, 3.8) is 0 Å². The van der Waals surface area contributed by atoms with Gasteiger partial charge in [0.1, 0.15) is 5.75 Å². The van der Waals surface area contributed by atoms with Crippen LogP contribution in [-0.2, 0) is 11.3 Å². The first-order valence-corrected chi connectivity index (χ1v) is 7.54. The first-order valence-electron chi connectivity index (χ1n) is 6.75. The molecular weight excluding hydrogens is 332 g/mol. The summed E-state index contributed by atoms with van der Waals surface area (Å²) >= 11 is 3.47. The smallest absolute Gasteiger partial charge is 0.263 e. The number of para-hydroxylation sites is 2. The van der Waals surface area contributed by atoms with Crippen LogP contribution in [0.2, 0.25) is 0 Å². The summed E-state index contributed by atoms with van der Waals surface area (Å²) in [6, 6.07) is 15.4. The normalized spacial score (nSPS) is 16.3. The van der Waals surface area contributed by atoms with Gasteiger partial charge in [0.25, 0.3) is 5.91 Å². The fraction of sp³-hybridized carbons (Fsp3) is 0.188. The lowest BCUT2D eigenvalue weighted by atomic mass is 10.2. The predicted octanol–water partition coefficient (Wildman–Crippen LogP) is 2.94. The van der Waals surface area contributed by atoms with Crippen molar-refractivity contribution < 1.29 is 9.53 Å². The maximum absolute atomic E-state index is 12.2. The third-order valence-corrected chi connectivity index (χ3v) is 4.11. The maximum atomic E-state index is 12.2. The molecule has 2 aromatic carbocycles. The fourth-order valence-electron chi connectivity index (χ4n) is 2.20. The van der Waals surface area contributed by atoms with Gasteiger partial charge in [0, 0.05) is 11.0 Å². The Bertz CT molecular complexity index is 660. The molecule has 2 N–H and O–H groups in total. The van der Waals surface area contributed by atoms with E-state index in [1.807, 2.05) is 48.5 Å². The number of fused-ring (bicyclic) bond motifs is 1. The molecule has 5 heteroatoms. The van der Waals surface area contributed by atoms with Crippen LogP contribution < -0.4 is 15.4 Å². The van der Waals surface area contributed by atoms with Crippen molar-refractivity contribution >= 4 is 27.5 Å². The average Bonchev–Trinajstić information content (AvgIpc) is 2.53. The topological polar surface area (TPSA) is 50.4 Å². The predicted molar refractivity (Wildman–Crippen MR) is 85.3 cm³/mol. The first kappa shape index (κ1) is 13.9. The molecule has 0 radical (unpaired) electrons. The lowest BCUT2D eigenvalue weighted by Gasteiger charge is -2.26. The third-order valence-electron chi connectivity index (χ3n) is 3.34. The Balaban J connectivity index is 1.61. The molecule has 1 aliphatic rings. The van der Waals surface area contributed by atoms with Crippen molar-refractivity contribution in [3.8, 4) is 5.75 Å². The zero-order valence-corrected chi connectivity index (χ0v) is 12.9. The molecule has 108 valence electrons. The summed E-state index contributed by atoms with van der Waals surface area (Å²) in [5.74, 6) is 0.595. The maximum Gasteiger partial charge on any atom is 0.263 e. The molecule has 1 atom stereocenters. The van der Waals surface area contributed by atoms with Crippen LogP contribution in [0, 0.1) is 0 Å². The van der Waals surface area contributed by atoms with E-state index in [4.69, 9.17) is 4.74 Å². The van der Waals surface area contributed by atoms with Gasteiger partial charge in [-0.15, -0.1) is 0 Å². The largest absolute Gasteiger partial charge is 0.477 e. The van der Waals surface area contributed by atoms with E-state index in [1.165, 1.54) is 0 Å². The van der Waals surface area contributed by atoms with Crippen molar-refractivity contribution in [3.05, 3.63) is 58.6 Å². The number of amides is 1. The van der Waals surface area contributed by atoms with E-state index in [0.717, 1.165) is 15.7 Å². The van der Waals surface area contributed by atoms with E-state index in [9.17, 15) is 4.79 Å². The van der Waals surface area contributed by atoms with Gasteiger partial charge in [-0.3, -0.25) is 4.79 Å². The number of halogens is 1. The van der Waals surface area contributed by atoms with E-state index in [1.54, 1.807) is 0 Å². The molecule has 0 saturated heterocycles. The van der Waals surface area contributed by atoms with E-state index in [2.05, 4.69) is 26.6 Å². The number of nitrogens with one attached hydrogen (secondary N) is 2. The number of benzene rings is 2. The standard InChI is InChI=1S/C16H15BrN2O2/c17-12-6-2-1-5-11(12)9-19-16(20)15-10-18-13-7-3-4-8-14(13)21-15/h1-8,15,18H,9-10H2,(H,19,20). The van der Waals surface area contributed by atoms with Crippen LogP contribution in [0.5, 0.6) is 5.75 Å². The molecule has 0 saturated carbocycles. The van der Waals surface area contributed by atoms with Gasteiger partial charge >= 0.3 is 0 Å². The van der Waals surface area contributed by atoms with Gasteiger partial charge in [-0.25, -0.2) is 0 Å². The van der Waals surface area contributed by atoms with Gasteiger partial charge in [0.15, 0.2) is 6.10 Å². The molecule has 2 aromatic rings. The van der Waals surface area contributed by atoms with Crippen molar-refractivity contribution in [1.29, 1.82) is 0 Å². The zero-order valence-electron chi connectivity index (χ0n) is 11.3. The molecule has 21 heavy (non-hydrogen) atoms. The highest BCUT2D eigenvalue weighted by Gasteiger charge is 2.25. The third kappa shape index (κ3) is 3.19. The molecule has 1 heterocycles. The van der Waals surface area contributed by atoms with Crippen LogP contribution in [0.25, 0.3) is 0 Å². The lowest BCUT2D eigenvalue weighted by molar-refractivity contribution is -0.127. The first-order chi connectivity index (χ1) is 10.2. The number of hydrogen-bond donors (Lipinski definition) is 2. The molecule has 0 aromatic heterocycles. The second-order valence-corrected chi connectivity index (χ2v) is 5.65. The minimum atomic E-state index is -0.512. The minimum absolute atomic E-state index is 0.118. The highest BCUT2D eigenvalue weighted by Crippen LogP contribution is 2.28. The van der Waals surface area contributed by atoms with Gasteiger partial charge in [-0.05, 0) is 23.8 Å². The molecule has 0 fully saturated rings. The molecule has 4 nitrogen and oxygen atoms in total. The molecule has 1 amide bonds. The van der Waals surface area contributed by atoms with Gasteiger partial charge in [0.05, 0.1) is 12.2 Å². The van der Waals surface area contributed by atoms with Crippen LogP contribution in [0.4, 0.5) is 5.69 Å². The zero-order chi connectivity index (χ0) is 14.7. The summed E-state index contributed by atoms with van der Waals surface area (Å²) in [6.45, 7) is 0.945. The number of anilines is 1. The van der Waals surface area contributed by atoms with Crippen LogP contribution in [0.1, 0.15) is 5.56 Å². The Morgan fingerprint density at radius 1 is 1.24 bits per heavy atom. The van der Waals surface area contributed by atoms with Crippen LogP contribution in [0.3, 0.4) is 0 Å². The minimum Gasteiger partial charge on any atom is -0.477 e. The fourth-order valence-corrected chi connectivity index (χ4v) is 2.62. The summed E-state index contributed by atoms with van der Waals surface area (Å²) in [6.07, 6.45) is -0.512. The number of carbonyl (C=O) groups is 1. The highest BCUT2D eigenvalue weighted by atomic mass is 79.9. The molecular formula is C16H15BrN2O2. The Labute approximate surface area is 131 Å². The highest BCUT2D eigenvalue weighted by molar-refractivity contribution is 9.10. The quantitative estimate of drug-likeness (QED) is 0.898. The van der Waals surface area contributed by atoms with Gasteiger partial charge in [-0.2, -0.15) is 0 Å². The average molecular weight is 347 g/mol. The summed E-state index contributed by atoms with van der Waals surface area (Å²) < 4.78 is 6.71. The number of carbonyl (C=O) groups excluding carboxylic acids is 1.